The van der Waals surface area contributed by atoms with Crippen LogP contribution in [0.15, 0.2) is 11.3 Å². The molecule has 30 heteroatoms. The van der Waals surface area contributed by atoms with E-state index in [0.29, 0.717) is 18.2 Å². The van der Waals surface area contributed by atoms with Crippen molar-refractivity contribution in [3.8, 4) is 0 Å². The van der Waals surface area contributed by atoms with Crippen molar-refractivity contribution >= 4 is 99.2 Å². The number of Topliss-reactive ketones (excluding diaryl/α,β-unsaturated/α-hetero) is 1. The van der Waals surface area contributed by atoms with Crippen LogP contribution < -0.4 is 16.0 Å². The molecule has 2 aliphatic heterocycles. The number of aliphatic hydroxyl groups excluding tert-OH is 2. The van der Waals surface area contributed by atoms with Crippen molar-refractivity contribution in [1.29, 1.82) is 5.41 Å². The van der Waals surface area contributed by atoms with E-state index in [1.54, 1.807) is 20.8 Å². The third-order valence-corrected chi connectivity index (χ3v) is 15.2. The lowest BCUT2D eigenvalue weighted by Crippen LogP contribution is -2.70. The standard InChI is InChI=1S/C45H66N4O23S3/c1-10-17(2)41(62)69-20(5)45(65)19(4)68-30(12-29(45)66-9)71-35-33(54)37(44(64)13-27(53)32(46)31(36(44)55)40(60)61)70-28(14-67-23(8)52)34(35)72-42(63)24(11-18(3)74-15-25(38(56)57)47-21(6)50)49-43(73)75-16-26(39(58)59)48-22(7)51/h17-20,24-26,28-30,33-35,37,46,54-55,64-65H,10-16H2,1-9H3,(H,47,50)(H,48,51)(H,49,73)(H,56,57)(H,58,59)(H,60,61)/t17-,18?,19-,20-,24?,25-,26-,28+,29-,30-,33+,34+,35-,37+,44+,45-/m0/s1. The van der Waals surface area contributed by atoms with Gasteiger partial charge in [-0.2, -0.15) is 11.8 Å². The first kappa shape index (κ1) is 64.2. The number of ketones is 1. The number of carbonyl (C=O) groups excluding carboxylic acids is 6. The van der Waals surface area contributed by atoms with Gasteiger partial charge in [-0.05, 0) is 26.7 Å². The summed E-state index contributed by atoms with van der Waals surface area (Å²) in [4.78, 5) is 113. The van der Waals surface area contributed by atoms with Gasteiger partial charge in [0.05, 0.1) is 24.5 Å². The molecule has 2 unspecified atom stereocenters. The first-order valence-electron chi connectivity index (χ1n) is 23.3. The molecular weight excluding hydrogens is 1060 g/mol. The van der Waals surface area contributed by atoms with E-state index in [9.17, 15) is 78.9 Å². The van der Waals surface area contributed by atoms with Gasteiger partial charge in [-0.3, -0.25) is 29.4 Å². The third kappa shape index (κ3) is 16.5. The van der Waals surface area contributed by atoms with Crippen LogP contribution in [0.5, 0.6) is 0 Å². The van der Waals surface area contributed by atoms with Gasteiger partial charge in [-0.25, -0.2) is 19.2 Å². The van der Waals surface area contributed by atoms with Gasteiger partial charge < -0.3 is 84.9 Å². The van der Waals surface area contributed by atoms with Crippen molar-refractivity contribution in [2.75, 3.05) is 25.2 Å². The number of ether oxygens (including phenoxy) is 7. The van der Waals surface area contributed by atoms with Crippen molar-refractivity contribution in [3.05, 3.63) is 11.3 Å². The Hall–Kier alpha value is -5.05. The minimum atomic E-state index is -3.18. The van der Waals surface area contributed by atoms with Gasteiger partial charge in [-0.15, -0.1) is 0 Å². The second-order valence-electron chi connectivity index (χ2n) is 18.1. The summed E-state index contributed by atoms with van der Waals surface area (Å²) in [5.74, 6) is -12.9. The molecule has 16 atom stereocenters. The van der Waals surface area contributed by atoms with E-state index in [2.05, 4.69) is 16.0 Å². The summed E-state index contributed by atoms with van der Waals surface area (Å²) in [6.45, 7) is 9.98. The van der Waals surface area contributed by atoms with Gasteiger partial charge in [0.15, 0.2) is 29.4 Å². The average Bonchev–Trinajstić information content (AvgIpc) is 3.31. The molecule has 2 heterocycles. The summed E-state index contributed by atoms with van der Waals surface area (Å²) in [5.41, 5.74) is -7.81. The van der Waals surface area contributed by atoms with E-state index in [1.807, 2.05) is 0 Å². The fraction of sp³-hybridized carbons (Fsp3) is 0.711. The van der Waals surface area contributed by atoms with Crippen molar-refractivity contribution in [2.24, 2.45) is 5.92 Å². The lowest BCUT2D eigenvalue weighted by atomic mass is 9.74. The predicted octanol–water partition coefficient (Wildman–Crippen LogP) is -0.879. The number of amides is 2. The Morgan fingerprint density at radius 2 is 1.48 bits per heavy atom. The number of esters is 3. The van der Waals surface area contributed by atoms with Crippen molar-refractivity contribution in [3.63, 3.8) is 0 Å². The number of carboxylic acid groups (broad SMARTS) is 3. The van der Waals surface area contributed by atoms with Crippen LogP contribution in [-0.4, -0.2) is 214 Å². The zero-order valence-electron chi connectivity index (χ0n) is 42.4. The molecule has 75 heavy (non-hydrogen) atoms. The first-order valence-corrected chi connectivity index (χ1v) is 25.8. The van der Waals surface area contributed by atoms with E-state index in [1.165, 1.54) is 21.0 Å². The number of thiocarbonyl (C=S) groups is 1. The predicted molar refractivity (Wildman–Crippen MR) is 264 cm³/mol. The van der Waals surface area contributed by atoms with E-state index in [0.717, 1.165) is 32.5 Å². The number of aliphatic hydroxyl groups is 4. The summed E-state index contributed by atoms with van der Waals surface area (Å²) >= 11 is 7.14. The highest BCUT2D eigenvalue weighted by Crippen LogP contribution is 2.43. The fourth-order valence-corrected chi connectivity index (χ4v) is 10.5. The Kier molecular flexibility index (Phi) is 23.8. The van der Waals surface area contributed by atoms with E-state index in [-0.39, 0.29) is 22.2 Å². The number of thioether (sulfide) groups is 2. The number of carboxylic acids is 3. The normalized spacial score (nSPS) is 29.3. The third-order valence-electron chi connectivity index (χ3n) is 12.6. The van der Waals surface area contributed by atoms with Crippen LogP contribution >= 0.6 is 35.7 Å². The largest absolute Gasteiger partial charge is 0.508 e. The average molecular weight is 1130 g/mol. The molecule has 0 aromatic carbocycles. The van der Waals surface area contributed by atoms with Gasteiger partial charge in [0, 0.05) is 51.1 Å². The molecule has 0 spiro atoms. The molecule has 0 bridgehead atoms. The molecule has 0 aromatic heterocycles. The molecule has 2 amide bonds. The lowest BCUT2D eigenvalue weighted by molar-refractivity contribution is -0.345. The van der Waals surface area contributed by atoms with Gasteiger partial charge in [0.1, 0.15) is 76.6 Å². The quantitative estimate of drug-likeness (QED) is 0.0300. The maximum atomic E-state index is 14.7. The Morgan fingerprint density at radius 1 is 0.893 bits per heavy atom. The van der Waals surface area contributed by atoms with Gasteiger partial charge >= 0.3 is 35.8 Å². The van der Waals surface area contributed by atoms with E-state index < -0.39 is 186 Å². The molecule has 3 rings (SSSR count). The van der Waals surface area contributed by atoms with Gasteiger partial charge in [0.2, 0.25) is 11.8 Å². The van der Waals surface area contributed by atoms with Crippen molar-refractivity contribution in [1.82, 2.24) is 16.0 Å². The molecular formula is C45H66N4O23S3. The van der Waals surface area contributed by atoms with Crippen LogP contribution in [0.25, 0.3) is 0 Å². The second-order valence-corrected chi connectivity index (χ2v) is 21.3. The highest BCUT2D eigenvalue weighted by atomic mass is 32.2. The first-order chi connectivity index (χ1) is 34.8. The molecule has 422 valence electrons. The zero-order valence-corrected chi connectivity index (χ0v) is 44.9. The molecule has 2 saturated heterocycles. The van der Waals surface area contributed by atoms with Crippen LogP contribution in [0.2, 0.25) is 0 Å². The topological polar surface area (TPSA) is 420 Å². The minimum absolute atomic E-state index is 0.218. The van der Waals surface area contributed by atoms with Crippen LogP contribution in [-0.2, 0) is 76.3 Å². The fourth-order valence-electron chi connectivity index (χ4n) is 8.27. The molecule has 0 aromatic rings. The molecule has 3 aliphatic rings. The van der Waals surface area contributed by atoms with E-state index in [4.69, 9.17) is 50.8 Å². The minimum Gasteiger partial charge on any atom is -0.508 e. The van der Waals surface area contributed by atoms with E-state index >= 15 is 0 Å². The molecule has 0 radical (unpaired) electrons. The number of carbonyl (C=O) groups is 9. The summed E-state index contributed by atoms with van der Waals surface area (Å²) < 4.78 is 40.9. The highest BCUT2D eigenvalue weighted by Gasteiger charge is 2.62. The van der Waals surface area contributed by atoms with Crippen LogP contribution in [0.3, 0.4) is 0 Å². The smallest absolute Gasteiger partial charge is 0.341 e. The summed E-state index contributed by atoms with van der Waals surface area (Å²) in [5, 5.41) is 91.8. The second kappa shape index (κ2) is 27.8. The van der Waals surface area contributed by atoms with Crippen LogP contribution in [0, 0.1) is 11.3 Å². The Balaban J connectivity index is 2.21. The van der Waals surface area contributed by atoms with Gasteiger partial charge in [-0.1, -0.05) is 44.8 Å². The SMILES string of the molecule is CC[C@H](C)C(=O)O[C@@H](C)[C@@]1(O)[C@H](C)O[C@@H](O[C@H]2[C@@H](O)[C@H]([C@@]3(O)CC(=O)C(=N)C(C(=O)O)=C3O)O[C@H](COC(C)=O)[C@H]2OC(=O)C(CC(C)SC[C@H](NC(C)=O)C(=O)O)NC(=S)SC[C@H](NC(C)=O)C(=O)O)C[C@@H]1OC. The molecule has 27 nitrogen and oxygen atoms in total. The maximum absolute atomic E-state index is 14.7. The number of aliphatic carboxylic acids is 3. The number of hydrogen-bond acceptors (Lipinski definition) is 24. The van der Waals surface area contributed by atoms with Gasteiger partial charge in [0.25, 0.3) is 0 Å². The van der Waals surface area contributed by atoms with Crippen LogP contribution in [0.1, 0.15) is 81.1 Å². The monoisotopic (exact) mass is 1130 g/mol. The summed E-state index contributed by atoms with van der Waals surface area (Å²) in [7, 11) is 1.22. The van der Waals surface area contributed by atoms with Crippen molar-refractivity contribution in [2.45, 2.75) is 171 Å². The highest BCUT2D eigenvalue weighted by molar-refractivity contribution is 8.23. The molecule has 1 aliphatic carbocycles. The Labute approximate surface area is 444 Å². The molecule has 2 fully saturated rings. The number of rotatable bonds is 25. The summed E-state index contributed by atoms with van der Waals surface area (Å²) in [6, 6.07) is -4.41. The molecule has 0 saturated carbocycles. The number of methoxy groups -OCH3 is 1. The lowest BCUT2D eigenvalue weighted by Gasteiger charge is -2.52. The van der Waals surface area contributed by atoms with Crippen molar-refractivity contribution < 1.29 is 112 Å². The maximum Gasteiger partial charge on any atom is 0.341 e. The van der Waals surface area contributed by atoms with Crippen LogP contribution in [0.4, 0.5) is 0 Å². The Morgan fingerprint density at radius 3 is 2.00 bits per heavy atom. The molecule has 11 N–H and O–H groups in total. The number of nitrogens with one attached hydrogen (secondary N) is 4. The summed E-state index contributed by atoms with van der Waals surface area (Å²) in [6.07, 6.45) is -17.8. The Bertz CT molecular complexity index is 2220. The number of hydrogen-bond donors (Lipinski definition) is 11. The zero-order chi connectivity index (χ0) is 57.0.